The molecular weight excluding hydrogens is 452 g/mol. The van der Waals surface area contributed by atoms with Crippen molar-refractivity contribution < 1.29 is 10.2 Å². The molecule has 0 aliphatic rings. The highest BCUT2D eigenvalue weighted by molar-refractivity contribution is 5.55. The fourth-order valence-electron chi connectivity index (χ4n) is 3.81. The van der Waals surface area contributed by atoms with E-state index in [0.29, 0.717) is 26.2 Å². The van der Waals surface area contributed by atoms with Crippen LogP contribution in [0, 0.1) is 0 Å². The van der Waals surface area contributed by atoms with E-state index in [1.807, 2.05) is 72.8 Å². The first kappa shape index (κ1) is 25.5. The number of hydrogen-bond donors (Lipinski definition) is 4. The summed E-state index contributed by atoms with van der Waals surface area (Å²) in [6.07, 6.45) is 1.53. The molecule has 186 valence electrons. The van der Waals surface area contributed by atoms with E-state index in [1.54, 1.807) is 0 Å². The summed E-state index contributed by atoms with van der Waals surface area (Å²) in [4.78, 5) is 19.1. The van der Waals surface area contributed by atoms with Gasteiger partial charge in [-0.25, -0.2) is 9.97 Å². The fraction of sp³-hybridized carbons (Fsp3) is 0.286. The standard InChI is InChI=1S/C28H32N6O2/c35-17-15-29-19-23-7-3-11-27(33-23)25-9-1-5-21(31-25)13-14-22-6-2-10-26(32-22)28-12-4-8-24(34-28)20-30-16-18-36/h1-12,29-30,35-36H,13-20H2. The zero-order chi connectivity index (χ0) is 25.0. The van der Waals surface area contributed by atoms with Gasteiger partial charge in [-0.05, 0) is 61.4 Å². The molecule has 4 N–H and O–H groups in total. The number of aryl methyl sites for hydroxylation is 2. The number of hydrogen-bond acceptors (Lipinski definition) is 8. The van der Waals surface area contributed by atoms with Crippen molar-refractivity contribution in [1.29, 1.82) is 0 Å². The summed E-state index contributed by atoms with van der Waals surface area (Å²) in [5.74, 6) is 0. The first-order valence-corrected chi connectivity index (χ1v) is 12.2. The maximum absolute atomic E-state index is 8.95. The maximum Gasteiger partial charge on any atom is 0.0890 e. The third-order valence-electron chi connectivity index (χ3n) is 5.58. The normalized spacial score (nSPS) is 11.1. The quantitative estimate of drug-likeness (QED) is 0.214. The summed E-state index contributed by atoms with van der Waals surface area (Å²) in [7, 11) is 0. The van der Waals surface area contributed by atoms with Gasteiger partial charge in [0.25, 0.3) is 0 Å². The maximum atomic E-state index is 8.95. The van der Waals surface area contributed by atoms with Crippen LogP contribution in [-0.4, -0.2) is 56.5 Å². The lowest BCUT2D eigenvalue weighted by Crippen LogP contribution is -2.18. The van der Waals surface area contributed by atoms with E-state index in [1.165, 1.54) is 0 Å². The Morgan fingerprint density at radius 2 is 0.806 bits per heavy atom. The molecular formula is C28H32N6O2. The molecule has 4 aromatic rings. The Bertz CT molecular complexity index is 1150. The van der Waals surface area contributed by atoms with Gasteiger partial charge in [0, 0.05) is 37.6 Å². The molecule has 36 heavy (non-hydrogen) atoms. The van der Waals surface area contributed by atoms with E-state index in [-0.39, 0.29) is 13.2 Å². The van der Waals surface area contributed by atoms with Crippen molar-refractivity contribution in [2.24, 2.45) is 0 Å². The van der Waals surface area contributed by atoms with Crippen LogP contribution in [0.2, 0.25) is 0 Å². The van der Waals surface area contributed by atoms with Crippen LogP contribution in [0.4, 0.5) is 0 Å². The number of nitrogens with one attached hydrogen (secondary N) is 2. The Kier molecular flexibility index (Phi) is 9.58. The van der Waals surface area contributed by atoms with Crippen molar-refractivity contribution in [3.05, 3.63) is 95.6 Å². The van der Waals surface area contributed by atoms with Crippen LogP contribution >= 0.6 is 0 Å². The van der Waals surface area contributed by atoms with Crippen LogP contribution in [0.3, 0.4) is 0 Å². The second-order valence-electron chi connectivity index (χ2n) is 8.36. The molecule has 0 radical (unpaired) electrons. The summed E-state index contributed by atoms with van der Waals surface area (Å²) in [5, 5.41) is 24.2. The summed E-state index contributed by atoms with van der Waals surface area (Å²) in [6.45, 7) is 2.50. The van der Waals surface area contributed by atoms with Crippen LogP contribution in [0.15, 0.2) is 72.8 Å². The number of rotatable bonds is 13. The molecule has 0 aliphatic heterocycles. The molecule has 0 spiro atoms. The van der Waals surface area contributed by atoms with Crippen molar-refractivity contribution in [3.63, 3.8) is 0 Å². The van der Waals surface area contributed by atoms with Gasteiger partial charge in [-0.15, -0.1) is 0 Å². The lowest BCUT2D eigenvalue weighted by Gasteiger charge is -2.08. The Labute approximate surface area is 211 Å². The summed E-state index contributed by atoms with van der Waals surface area (Å²) in [5.41, 5.74) is 7.15. The second-order valence-corrected chi connectivity index (χ2v) is 8.36. The fourth-order valence-corrected chi connectivity index (χ4v) is 3.81. The van der Waals surface area contributed by atoms with Gasteiger partial charge < -0.3 is 20.8 Å². The summed E-state index contributed by atoms with van der Waals surface area (Å²) in [6, 6.07) is 23.9. The molecule has 0 saturated heterocycles. The third kappa shape index (κ3) is 7.47. The van der Waals surface area contributed by atoms with Gasteiger partial charge in [0.15, 0.2) is 0 Å². The Balaban J connectivity index is 1.41. The van der Waals surface area contributed by atoms with E-state index in [0.717, 1.165) is 58.4 Å². The summed E-state index contributed by atoms with van der Waals surface area (Å²) < 4.78 is 0. The molecule has 4 aromatic heterocycles. The molecule has 0 bridgehead atoms. The molecule has 4 heterocycles. The van der Waals surface area contributed by atoms with Gasteiger partial charge >= 0.3 is 0 Å². The van der Waals surface area contributed by atoms with E-state index >= 15 is 0 Å². The second kappa shape index (κ2) is 13.5. The zero-order valence-electron chi connectivity index (χ0n) is 20.3. The number of aromatic nitrogens is 4. The highest BCUT2D eigenvalue weighted by Gasteiger charge is 2.07. The smallest absolute Gasteiger partial charge is 0.0890 e. The van der Waals surface area contributed by atoms with Gasteiger partial charge in [-0.3, -0.25) is 9.97 Å². The van der Waals surface area contributed by atoms with Gasteiger partial charge in [-0.1, -0.05) is 24.3 Å². The molecule has 0 atom stereocenters. The molecule has 0 saturated carbocycles. The lowest BCUT2D eigenvalue weighted by atomic mass is 10.1. The van der Waals surface area contributed by atoms with Gasteiger partial charge in [-0.2, -0.15) is 0 Å². The molecule has 8 heteroatoms. The number of nitrogens with zero attached hydrogens (tertiary/aromatic N) is 4. The van der Waals surface area contributed by atoms with Crippen LogP contribution in [-0.2, 0) is 25.9 Å². The topological polar surface area (TPSA) is 116 Å². The lowest BCUT2D eigenvalue weighted by molar-refractivity contribution is 0.291. The number of aliphatic hydroxyl groups is 2. The predicted octanol–water partition coefficient (Wildman–Crippen LogP) is 2.55. The highest BCUT2D eigenvalue weighted by atomic mass is 16.3. The van der Waals surface area contributed by atoms with Crippen LogP contribution < -0.4 is 10.6 Å². The van der Waals surface area contributed by atoms with Crippen LogP contribution in [0.5, 0.6) is 0 Å². The van der Waals surface area contributed by atoms with Crippen molar-refractivity contribution in [2.45, 2.75) is 25.9 Å². The largest absolute Gasteiger partial charge is 0.395 e. The Hall–Kier alpha value is -3.56. The highest BCUT2D eigenvalue weighted by Crippen LogP contribution is 2.18. The van der Waals surface area contributed by atoms with Crippen LogP contribution in [0.25, 0.3) is 22.8 Å². The van der Waals surface area contributed by atoms with Crippen molar-refractivity contribution >= 4 is 0 Å². The van der Waals surface area contributed by atoms with Gasteiger partial charge in [0.2, 0.25) is 0 Å². The van der Waals surface area contributed by atoms with Gasteiger partial charge in [0.05, 0.1) is 47.4 Å². The molecule has 0 amide bonds. The zero-order valence-corrected chi connectivity index (χ0v) is 20.3. The van der Waals surface area contributed by atoms with Crippen molar-refractivity contribution in [3.8, 4) is 22.8 Å². The van der Waals surface area contributed by atoms with Crippen LogP contribution in [0.1, 0.15) is 22.8 Å². The molecule has 0 unspecified atom stereocenters. The predicted molar refractivity (Wildman–Crippen MR) is 140 cm³/mol. The minimum atomic E-state index is 0.104. The van der Waals surface area contributed by atoms with E-state index in [4.69, 9.17) is 30.1 Å². The Morgan fingerprint density at radius 3 is 1.17 bits per heavy atom. The average molecular weight is 485 g/mol. The van der Waals surface area contributed by atoms with Gasteiger partial charge in [0.1, 0.15) is 0 Å². The number of pyridine rings is 4. The first-order chi connectivity index (χ1) is 17.7. The Morgan fingerprint density at radius 1 is 0.472 bits per heavy atom. The van der Waals surface area contributed by atoms with Crippen molar-refractivity contribution in [1.82, 2.24) is 30.6 Å². The molecule has 4 rings (SSSR count). The first-order valence-electron chi connectivity index (χ1n) is 12.2. The SMILES string of the molecule is OCCNCc1cccc(-c2cccc(CCc3cccc(-c4cccc(CNCCO)n4)n3)n2)n1. The molecule has 0 aromatic carbocycles. The third-order valence-corrected chi connectivity index (χ3v) is 5.58. The minimum Gasteiger partial charge on any atom is -0.395 e. The average Bonchev–Trinajstić information content (AvgIpc) is 2.93. The number of aliphatic hydroxyl groups excluding tert-OH is 2. The van der Waals surface area contributed by atoms with Crippen molar-refractivity contribution in [2.75, 3.05) is 26.3 Å². The van der Waals surface area contributed by atoms with E-state index in [9.17, 15) is 0 Å². The minimum absolute atomic E-state index is 0.104. The monoisotopic (exact) mass is 484 g/mol. The summed E-state index contributed by atoms with van der Waals surface area (Å²) >= 11 is 0. The molecule has 0 fully saturated rings. The van der Waals surface area contributed by atoms with E-state index in [2.05, 4.69) is 10.6 Å². The molecule has 8 nitrogen and oxygen atoms in total. The molecule has 0 aliphatic carbocycles. The van der Waals surface area contributed by atoms with E-state index < -0.39 is 0 Å².